The van der Waals surface area contributed by atoms with Crippen LogP contribution in [-0.4, -0.2) is 36.2 Å². The first kappa shape index (κ1) is 24.1. The van der Waals surface area contributed by atoms with Gasteiger partial charge >= 0.3 is 18.1 Å². The van der Waals surface area contributed by atoms with Gasteiger partial charge in [0.05, 0.1) is 12.0 Å². The van der Waals surface area contributed by atoms with Gasteiger partial charge in [0.25, 0.3) is 0 Å². The van der Waals surface area contributed by atoms with Crippen molar-refractivity contribution in [2.75, 3.05) is 6.61 Å². The van der Waals surface area contributed by atoms with E-state index in [9.17, 15) is 27.6 Å². The zero-order valence-electron chi connectivity index (χ0n) is 16.6. The van der Waals surface area contributed by atoms with E-state index in [4.69, 9.17) is 0 Å². The summed E-state index contributed by atoms with van der Waals surface area (Å²) in [5.74, 6) is -1.83. The Morgan fingerprint density at radius 3 is 1.90 bits per heavy atom. The summed E-state index contributed by atoms with van der Waals surface area (Å²) in [5.41, 5.74) is 0.554. The van der Waals surface area contributed by atoms with Gasteiger partial charge in [-0.15, -0.1) is 0 Å². The van der Waals surface area contributed by atoms with Crippen LogP contribution in [0.3, 0.4) is 0 Å². The first-order valence-electron chi connectivity index (χ1n) is 8.94. The summed E-state index contributed by atoms with van der Waals surface area (Å²) < 4.78 is 40.9. The maximum Gasteiger partial charge on any atom is 0.392 e. The van der Waals surface area contributed by atoms with Crippen molar-refractivity contribution in [3.63, 3.8) is 0 Å². The molecule has 0 N–H and O–H groups in total. The van der Waals surface area contributed by atoms with Crippen LogP contribution in [0.15, 0.2) is 63.5 Å². The van der Waals surface area contributed by atoms with Gasteiger partial charge in [-0.05, 0) is 55.5 Å². The summed E-state index contributed by atoms with van der Waals surface area (Å²) in [4.78, 5) is 40.8. The number of hydrogen-bond donors (Lipinski definition) is 0. The summed E-state index contributed by atoms with van der Waals surface area (Å²) in [6.07, 6.45) is -5.57. The van der Waals surface area contributed by atoms with Gasteiger partial charge in [-0.3, -0.25) is 4.79 Å². The molecule has 0 heterocycles. The van der Waals surface area contributed by atoms with Crippen LogP contribution in [0.25, 0.3) is 0 Å². The Hall–Kier alpha value is -3.14. The van der Waals surface area contributed by atoms with Crippen molar-refractivity contribution in [3.8, 4) is 0 Å². The minimum Gasteiger partial charge on any atom is -0.462 e. The fourth-order valence-corrected chi connectivity index (χ4v) is 3.01. The second-order valence-corrected chi connectivity index (χ2v) is 7.39. The molecule has 164 valence electrons. The third-order valence-electron chi connectivity index (χ3n) is 3.70. The van der Waals surface area contributed by atoms with Crippen LogP contribution in [-0.2, 0) is 14.4 Å². The minimum absolute atomic E-state index is 0.0355. The summed E-state index contributed by atoms with van der Waals surface area (Å²) in [6.45, 7) is 1.88. The lowest BCUT2D eigenvalue weighted by Crippen LogP contribution is -2.14. The number of ether oxygens (including phenoxy) is 1. The van der Waals surface area contributed by atoms with E-state index in [0.717, 1.165) is 9.79 Å². The van der Waals surface area contributed by atoms with Crippen LogP contribution in [0.4, 0.5) is 13.2 Å². The number of esters is 1. The van der Waals surface area contributed by atoms with Crippen molar-refractivity contribution in [1.82, 2.24) is 0 Å². The third-order valence-corrected chi connectivity index (χ3v) is 4.72. The van der Waals surface area contributed by atoms with E-state index in [-0.39, 0.29) is 17.1 Å². The summed E-state index contributed by atoms with van der Waals surface area (Å²) in [5, 5.41) is 3.46. The molecular formula is C21H18F3NO5S. The lowest BCUT2D eigenvalue weighted by atomic mass is 10.1. The van der Waals surface area contributed by atoms with E-state index in [1.807, 2.05) is 0 Å². The average molecular weight is 453 g/mol. The Balaban J connectivity index is 1.94. The van der Waals surface area contributed by atoms with E-state index in [0.29, 0.717) is 5.56 Å². The highest BCUT2D eigenvalue weighted by Crippen LogP contribution is 2.28. The Labute approximate surface area is 180 Å². The van der Waals surface area contributed by atoms with Gasteiger partial charge in [0.15, 0.2) is 0 Å². The van der Waals surface area contributed by atoms with Crippen molar-refractivity contribution in [2.45, 2.75) is 36.2 Å². The van der Waals surface area contributed by atoms with Gasteiger partial charge in [-0.2, -0.15) is 13.2 Å². The number of hydrogen-bond acceptors (Lipinski definition) is 7. The predicted molar refractivity (Wildman–Crippen MR) is 107 cm³/mol. The fourth-order valence-electron chi connectivity index (χ4n) is 2.20. The molecule has 0 aliphatic rings. The van der Waals surface area contributed by atoms with Crippen molar-refractivity contribution >= 4 is 35.2 Å². The molecule has 0 saturated carbocycles. The number of nitrogens with zero attached hydrogens (tertiary/aromatic N) is 1. The van der Waals surface area contributed by atoms with Crippen molar-refractivity contribution < 1.29 is 37.1 Å². The van der Waals surface area contributed by atoms with Crippen LogP contribution in [0.5, 0.6) is 0 Å². The summed E-state index contributed by atoms with van der Waals surface area (Å²) >= 11 is 1.36. The first-order chi connectivity index (χ1) is 14.5. The molecule has 0 unspecified atom stereocenters. The zero-order valence-corrected chi connectivity index (χ0v) is 17.4. The van der Waals surface area contributed by atoms with Crippen LogP contribution in [0.2, 0.25) is 0 Å². The van der Waals surface area contributed by atoms with Crippen LogP contribution in [0.1, 0.15) is 41.0 Å². The largest absolute Gasteiger partial charge is 0.462 e. The van der Waals surface area contributed by atoms with Gasteiger partial charge in [-0.1, -0.05) is 16.9 Å². The van der Waals surface area contributed by atoms with Gasteiger partial charge in [-0.25, -0.2) is 9.59 Å². The molecule has 31 heavy (non-hydrogen) atoms. The van der Waals surface area contributed by atoms with Crippen molar-refractivity contribution in [3.05, 3.63) is 59.7 Å². The third kappa shape index (κ3) is 8.25. The highest BCUT2D eigenvalue weighted by molar-refractivity contribution is 7.99. The quantitative estimate of drug-likeness (QED) is 0.183. The highest BCUT2D eigenvalue weighted by Gasteiger charge is 2.27. The maximum atomic E-state index is 12.2. The van der Waals surface area contributed by atoms with Gasteiger partial charge in [0.2, 0.25) is 5.78 Å². The normalized spacial score (nSPS) is 11.7. The number of alkyl halides is 3. The topological polar surface area (TPSA) is 82.0 Å². The second-order valence-electron chi connectivity index (χ2n) is 6.24. The minimum atomic E-state index is -4.38. The standard InChI is InChI=1S/C21H18F3NO5S/c1-13(25-30-14(2)26)19(27)15-3-7-17(8-4-15)31-18-9-5-16(6-10-18)20(28)29-12-11-21(22,23)24/h3-10H,11-12H2,1-2H3/b25-13+. The van der Waals surface area contributed by atoms with Gasteiger partial charge < -0.3 is 9.57 Å². The van der Waals surface area contributed by atoms with Crippen molar-refractivity contribution in [1.29, 1.82) is 0 Å². The molecule has 2 aromatic carbocycles. The summed E-state index contributed by atoms with van der Waals surface area (Å²) in [7, 11) is 0. The highest BCUT2D eigenvalue weighted by atomic mass is 32.2. The Morgan fingerprint density at radius 1 is 0.903 bits per heavy atom. The number of halogens is 3. The summed E-state index contributed by atoms with van der Waals surface area (Å²) in [6, 6.07) is 12.8. The molecular weight excluding hydrogens is 435 g/mol. The van der Waals surface area contributed by atoms with Crippen LogP contribution in [0, 0.1) is 0 Å². The molecule has 2 rings (SSSR count). The number of ketones is 1. The predicted octanol–water partition coefficient (Wildman–Crippen LogP) is 5.07. The zero-order chi connectivity index (χ0) is 23.0. The monoisotopic (exact) mass is 453 g/mol. The van der Waals surface area contributed by atoms with E-state index < -0.39 is 31.1 Å². The Kier molecular flexibility index (Phi) is 8.38. The van der Waals surface area contributed by atoms with E-state index in [1.165, 1.54) is 37.7 Å². The average Bonchev–Trinajstić information content (AvgIpc) is 2.71. The molecule has 0 spiro atoms. The molecule has 0 bridgehead atoms. The van der Waals surface area contributed by atoms with E-state index in [2.05, 4.69) is 14.7 Å². The van der Waals surface area contributed by atoms with E-state index >= 15 is 0 Å². The van der Waals surface area contributed by atoms with Crippen LogP contribution >= 0.6 is 11.8 Å². The van der Waals surface area contributed by atoms with E-state index in [1.54, 1.807) is 36.4 Å². The maximum absolute atomic E-state index is 12.2. The molecule has 2 aromatic rings. The Bertz CT molecular complexity index is 970. The number of Topliss-reactive ketones (excluding diaryl/α,β-unsaturated/α-hetero) is 1. The number of benzene rings is 2. The molecule has 0 amide bonds. The van der Waals surface area contributed by atoms with Gasteiger partial charge in [0.1, 0.15) is 12.3 Å². The lowest BCUT2D eigenvalue weighted by Gasteiger charge is -2.08. The second kappa shape index (κ2) is 10.8. The molecule has 0 saturated heterocycles. The van der Waals surface area contributed by atoms with Crippen LogP contribution < -0.4 is 0 Å². The lowest BCUT2D eigenvalue weighted by molar-refractivity contribution is -0.142. The Morgan fingerprint density at radius 2 is 1.42 bits per heavy atom. The molecule has 10 heteroatoms. The molecule has 0 radical (unpaired) electrons. The molecule has 6 nitrogen and oxygen atoms in total. The smallest absolute Gasteiger partial charge is 0.392 e. The fraction of sp³-hybridized carbons (Fsp3) is 0.238. The van der Waals surface area contributed by atoms with Crippen molar-refractivity contribution in [2.24, 2.45) is 5.16 Å². The molecule has 0 fully saturated rings. The number of rotatable bonds is 8. The molecule has 0 aliphatic carbocycles. The van der Waals surface area contributed by atoms with Gasteiger partial charge in [0, 0.05) is 22.3 Å². The molecule has 0 aliphatic heterocycles. The first-order valence-corrected chi connectivity index (χ1v) is 9.75. The number of carbonyl (C=O) groups excluding carboxylic acids is 3. The molecule has 0 aromatic heterocycles. The number of carbonyl (C=O) groups is 3. The number of oxime groups is 1. The SMILES string of the molecule is CC(=O)O/N=C(\C)C(=O)c1ccc(Sc2ccc(C(=O)OCCC(F)(F)F)cc2)cc1. The molecule has 0 atom stereocenters.